The van der Waals surface area contributed by atoms with Gasteiger partial charge in [0.15, 0.2) is 0 Å². The Bertz CT molecular complexity index is 250. The van der Waals surface area contributed by atoms with Crippen LogP contribution >= 0.6 is 0 Å². The molecule has 0 aromatic rings. The Morgan fingerprint density at radius 3 is 2.21 bits per heavy atom. The first kappa shape index (κ1) is 11.0. The van der Waals surface area contributed by atoms with Crippen LogP contribution in [0.5, 0.6) is 0 Å². The van der Waals surface area contributed by atoms with Gasteiger partial charge in [-0.25, -0.2) is 0 Å². The fraction of sp³-hybridized carbons (Fsp3) is 0.800. The van der Waals surface area contributed by atoms with Crippen molar-refractivity contribution >= 4 is 11.9 Å². The maximum Gasteiger partial charge on any atom is 0.308 e. The number of hydrogen-bond acceptors (Lipinski definition) is 2. The van der Waals surface area contributed by atoms with Gasteiger partial charge < -0.3 is 10.0 Å². The molecule has 1 aliphatic heterocycles. The summed E-state index contributed by atoms with van der Waals surface area (Å²) in [6.45, 7) is 6.45. The third-order valence-corrected chi connectivity index (χ3v) is 2.98. The van der Waals surface area contributed by atoms with E-state index in [9.17, 15) is 9.59 Å². The average Bonchev–Trinajstić information content (AvgIpc) is 2.47. The van der Waals surface area contributed by atoms with Crippen LogP contribution in [-0.4, -0.2) is 35.0 Å². The molecule has 0 aromatic carbocycles. The number of carbonyl (C=O) groups is 2. The minimum atomic E-state index is -0.785. The molecule has 1 heterocycles. The largest absolute Gasteiger partial charge is 0.481 e. The van der Waals surface area contributed by atoms with Gasteiger partial charge in [-0.15, -0.1) is 0 Å². The van der Waals surface area contributed by atoms with Crippen LogP contribution in [0.15, 0.2) is 0 Å². The van der Waals surface area contributed by atoms with Crippen molar-refractivity contribution < 1.29 is 14.7 Å². The van der Waals surface area contributed by atoms with Gasteiger partial charge in [0, 0.05) is 20.0 Å². The summed E-state index contributed by atoms with van der Waals surface area (Å²) in [4.78, 5) is 23.7. The van der Waals surface area contributed by atoms with Crippen molar-refractivity contribution in [3.63, 3.8) is 0 Å². The first-order chi connectivity index (χ1) is 6.43. The monoisotopic (exact) mass is 199 g/mol. The van der Waals surface area contributed by atoms with Crippen molar-refractivity contribution in [2.75, 3.05) is 13.1 Å². The molecule has 1 amide bonds. The van der Waals surface area contributed by atoms with E-state index in [2.05, 4.69) is 0 Å². The second kappa shape index (κ2) is 3.98. The van der Waals surface area contributed by atoms with Gasteiger partial charge in [-0.05, 0) is 11.8 Å². The van der Waals surface area contributed by atoms with Crippen molar-refractivity contribution in [2.45, 2.75) is 20.8 Å². The van der Waals surface area contributed by atoms with E-state index in [0.29, 0.717) is 19.0 Å². The number of hydrogen-bond donors (Lipinski definition) is 1. The zero-order valence-electron chi connectivity index (χ0n) is 8.86. The number of rotatable bonds is 2. The fourth-order valence-electron chi connectivity index (χ4n) is 2.02. The van der Waals surface area contributed by atoms with Gasteiger partial charge in [-0.2, -0.15) is 0 Å². The van der Waals surface area contributed by atoms with Crippen LogP contribution in [0.25, 0.3) is 0 Å². The summed E-state index contributed by atoms with van der Waals surface area (Å²) in [6, 6.07) is 0. The second-order valence-corrected chi connectivity index (χ2v) is 4.28. The van der Waals surface area contributed by atoms with Crippen LogP contribution in [0.4, 0.5) is 0 Å². The van der Waals surface area contributed by atoms with Crippen LogP contribution in [0.1, 0.15) is 20.8 Å². The average molecular weight is 199 g/mol. The molecule has 1 rings (SSSR count). The van der Waals surface area contributed by atoms with Crippen molar-refractivity contribution in [3.05, 3.63) is 0 Å². The number of aliphatic carboxylic acids is 1. The van der Waals surface area contributed by atoms with E-state index in [-0.39, 0.29) is 17.7 Å². The van der Waals surface area contributed by atoms with Gasteiger partial charge in [0.05, 0.1) is 5.92 Å². The number of carboxylic acids is 1. The summed E-state index contributed by atoms with van der Waals surface area (Å²) < 4.78 is 0. The van der Waals surface area contributed by atoms with Crippen molar-refractivity contribution in [1.82, 2.24) is 4.90 Å². The third-order valence-electron chi connectivity index (χ3n) is 2.98. The molecule has 0 radical (unpaired) electrons. The molecule has 1 N–H and O–H groups in total. The molecule has 1 saturated heterocycles. The summed E-state index contributed by atoms with van der Waals surface area (Å²) in [5.41, 5.74) is 0. The minimum absolute atomic E-state index is 0.0283. The molecule has 0 aromatic heterocycles. The third kappa shape index (κ3) is 2.05. The molecule has 2 atom stereocenters. The number of carbonyl (C=O) groups excluding carboxylic acids is 1. The molecular formula is C10H17NO3. The molecule has 1 fully saturated rings. The summed E-state index contributed by atoms with van der Waals surface area (Å²) in [5.74, 6) is -0.803. The molecule has 0 spiro atoms. The lowest BCUT2D eigenvalue weighted by molar-refractivity contribution is -0.143. The van der Waals surface area contributed by atoms with E-state index in [4.69, 9.17) is 5.11 Å². The highest BCUT2D eigenvalue weighted by molar-refractivity contribution is 5.77. The maximum atomic E-state index is 11.1. The second-order valence-electron chi connectivity index (χ2n) is 4.28. The molecule has 0 saturated carbocycles. The lowest BCUT2D eigenvalue weighted by Crippen LogP contribution is -2.27. The van der Waals surface area contributed by atoms with Crippen molar-refractivity contribution in [3.8, 4) is 0 Å². The zero-order chi connectivity index (χ0) is 10.9. The summed E-state index contributed by atoms with van der Waals surface area (Å²) >= 11 is 0. The number of carboxylic acid groups (broad SMARTS) is 1. The Morgan fingerprint density at radius 2 is 1.93 bits per heavy atom. The van der Waals surface area contributed by atoms with E-state index in [0.717, 1.165) is 0 Å². The van der Waals surface area contributed by atoms with Crippen LogP contribution in [0, 0.1) is 17.8 Å². The highest BCUT2D eigenvalue weighted by Gasteiger charge is 2.39. The zero-order valence-corrected chi connectivity index (χ0v) is 8.86. The fourth-order valence-corrected chi connectivity index (χ4v) is 2.02. The highest BCUT2D eigenvalue weighted by Crippen LogP contribution is 2.29. The highest BCUT2D eigenvalue weighted by atomic mass is 16.4. The predicted octanol–water partition coefficient (Wildman–Crippen LogP) is 0.821. The lowest BCUT2D eigenvalue weighted by atomic mass is 9.86. The van der Waals surface area contributed by atoms with Gasteiger partial charge in [0.25, 0.3) is 0 Å². The normalized spacial score (nSPS) is 27.0. The summed E-state index contributed by atoms with van der Waals surface area (Å²) in [5, 5.41) is 8.99. The Labute approximate surface area is 83.9 Å². The Balaban J connectivity index is 2.75. The first-order valence-corrected chi connectivity index (χ1v) is 4.91. The summed E-state index contributed by atoms with van der Waals surface area (Å²) in [6.07, 6.45) is 0. The Kier molecular flexibility index (Phi) is 3.13. The number of likely N-dealkylation sites (tertiary alicyclic amines) is 1. The number of amides is 1. The van der Waals surface area contributed by atoms with Crippen molar-refractivity contribution in [1.29, 1.82) is 0 Å². The molecule has 0 bridgehead atoms. The van der Waals surface area contributed by atoms with Crippen LogP contribution < -0.4 is 0 Å². The first-order valence-electron chi connectivity index (χ1n) is 4.91. The SMILES string of the molecule is CC(=O)N1C[C@@H](C(=O)O)[C@H](C(C)C)C1. The van der Waals surface area contributed by atoms with E-state index >= 15 is 0 Å². The lowest BCUT2D eigenvalue weighted by Gasteiger charge is -2.18. The topological polar surface area (TPSA) is 57.6 Å². The quantitative estimate of drug-likeness (QED) is 0.716. The standard InChI is InChI=1S/C10H17NO3/c1-6(2)8-4-11(7(3)12)5-9(8)10(13)14/h6,8-9H,4-5H2,1-3H3,(H,13,14)/t8-,9+/m0/s1. The van der Waals surface area contributed by atoms with Gasteiger partial charge in [-0.1, -0.05) is 13.8 Å². The van der Waals surface area contributed by atoms with Gasteiger partial charge >= 0.3 is 5.97 Å². The molecule has 4 heteroatoms. The molecule has 0 aliphatic carbocycles. The minimum Gasteiger partial charge on any atom is -0.481 e. The van der Waals surface area contributed by atoms with E-state index in [1.807, 2.05) is 13.8 Å². The van der Waals surface area contributed by atoms with Crippen molar-refractivity contribution in [2.24, 2.45) is 17.8 Å². The predicted molar refractivity (Wildman–Crippen MR) is 51.7 cm³/mol. The van der Waals surface area contributed by atoms with Crippen LogP contribution in [-0.2, 0) is 9.59 Å². The van der Waals surface area contributed by atoms with Crippen LogP contribution in [0.3, 0.4) is 0 Å². The van der Waals surface area contributed by atoms with Gasteiger partial charge in [0.1, 0.15) is 0 Å². The molecular weight excluding hydrogens is 182 g/mol. The van der Waals surface area contributed by atoms with E-state index < -0.39 is 5.97 Å². The molecule has 1 aliphatic rings. The van der Waals surface area contributed by atoms with E-state index in [1.54, 1.807) is 4.90 Å². The van der Waals surface area contributed by atoms with Gasteiger partial charge in [0.2, 0.25) is 5.91 Å². The molecule has 0 unspecified atom stereocenters. The smallest absolute Gasteiger partial charge is 0.308 e. The molecule has 14 heavy (non-hydrogen) atoms. The Hall–Kier alpha value is -1.06. The Morgan fingerprint density at radius 1 is 1.36 bits per heavy atom. The number of nitrogens with zero attached hydrogens (tertiary/aromatic N) is 1. The maximum absolute atomic E-state index is 11.1. The summed E-state index contributed by atoms with van der Waals surface area (Å²) in [7, 11) is 0. The van der Waals surface area contributed by atoms with E-state index in [1.165, 1.54) is 6.92 Å². The van der Waals surface area contributed by atoms with Crippen LogP contribution in [0.2, 0.25) is 0 Å². The molecule has 4 nitrogen and oxygen atoms in total. The van der Waals surface area contributed by atoms with Gasteiger partial charge in [-0.3, -0.25) is 9.59 Å². The molecule has 80 valence electrons.